The van der Waals surface area contributed by atoms with Crippen LogP contribution in [-0.4, -0.2) is 0 Å². The number of benzene rings is 1. The van der Waals surface area contributed by atoms with Gasteiger partial charge >= 0.3 is 0 Å². The van der Waals surface area contributed by atoms with Crippen molar-refractivity contribution in [3.63, 3.8) is 0 Å². The number of nitrogens with zero attached hydrogens (tertiary/aromatic N) is 1. The van der Waals surface area contributed by atoms with E-state index < -0.39 is 0 Å². The Kier molecular flexibility index (Phi) is 5.98. The van der Waals surface area contributed by atoms with Gasteiger partial charge in [0.15, 0.2) is 0 Å². The zero-order chi connectivity index (χ0) is 15.1. The summed E-state index contributed by atoms with van der Waals surface area (Å²) in [5.41, 5.74) is 1.35. The van der Waals surface area contributed by atoms with Crippen LogP contribution in [0.3, 0.4) is 0 Å². The van der Waals surface area contributed by atoms with Crippen LogP contribution in [0.1, 0.15) is 48.0 Å². The highest BCUT2D eigenvalue weighted by Gasteiger charge is 2.19. The monoisotopic (exact) mass is 298 g/mol. The molecule has 0 aliphatic heterocycles. The van der Waals surface area contributed by atoms with Gasteiger partial charge in [-0.15, -0.1) is 11.3 Å². The van der Waals surface area contributed by atoms with Crippen LogP contribution in [-0.2, 0) is 6.54 Å². The highest BCUT2D eigenvalue weighted by Crippen LogP contribution is 2.28. The summed E-state index contributed by atoms with van der Waals surface area (Å²) in [6.45, 7) is 5.33. The lowest BCUT2D eigenvalue weighted by molar-refractivity contribution is 0.340. The Morgan fingerprint density at radius 2 is 1.81 bits per heavy atom. The third kappa shape index (κ3) is 4.17. The zero-order valence-corrected chi connectivity index (χ0v) is 13.5. The topological polar surface area (TPSA) is 35.8 Å². The molecule has 0 radical (unpaired) electrons. The molecule has 2 nitrogen and oxygen atoms in total. The molecule has 3 heteroatoms. The van der Waals surface area contributed by atoms with Crippen LogP contribution in [0.5, 0.6) is 0 Å². The van der Waals surface area contributed by atoms with E-state index in [-0.39, 0.29) is 0 Å². The smallest absolute Gasteiger partial charge is 0.110 e. The Labute approximate surface area is 131 Å². The first-order valence-corrected chi connectivity index (χ1v) is 8.37. The molecule has 1 atom stereocenters. The molecule has 110 valence electrons. The van der Waals surface area contributed by atoms with Crippen molar-refractivity contribution < 1.29 is 0 Å². The summed E-state index contributed by atoms with van der Waals surface area (Å²) in [5, 5.41) is 12.6. The van der Waals surface area contributed by atoms with Crippen molar-refractivity contribution in [2.75, 3.05) is 0 Å². The molecule has 0 amide bonds. The molecule has 0 saturated heterocycles. The Balaban J connectivity index is 2.11. The quantitative estimate of drug-likeness (QED) is 0.790. The minimum atomic E-state index is 0.369. The fraction of sp³-hybridized carbons (Fsp3) is 0.389. The average molecular weight is 298 g/mol. The van der Waals surface area contributed by atoms with Crippen LogP contribution in [0.15, 0.2) is 42.5 Å². The molecule has 0 aliphatic rings. The van der Waals surface area contributed by atoms with E-state index in [0.717, 1.165) is 24.3 Å². The molecule has 2 aromatic rings. The van der Waals surface area contributed by atoms with E-state index in [2.05, 4.69) is 55.6 Å². The van der Waals surface area contributed by atoms with E-state index in [0.29, 0.717) is 12.0 Å². The predicted octanol–water partition coefficient (Wildman–Crippen LogP) is 4.89. The third-order valence-corrected chi connectivity index (χ3v) is 4.94. The molecular formula is C18H22N2S. The summed E-state index contributed by atoms with van der Waals surface area (Å²) >= 11 is 1.57. The summed E-state index contributed by atoms with van der Waals surface area (Å²) in [7, 11) is 0. The standard InChI is InChI=1S/C18H22N2S/c1-3-14(4-2)18(15-8-6-5-7-9-15)20-13-17-11-10-16(12-19)21-17/h5-11,14,18,20H,3-4,13H2,1-2H3. The van der Waals surface area contributed by atoms with Crippen molar-refractivity contribution in [1.82, 2.24) is 5.32 Å². The van der Waals surface area contributed by atoms with E-state index in [4.69, 9.17) is 5.26 Å². The summed E-state index contributed by atoms with van der Waals surface area (Å²) in [5.74, 6) is 0.628. The number of hydrogen-bond donors (Lipinski definition) is 1. The molecule has 1 unspecified atom stereocenters. The predicted molar refractivity (Wildman–Crippen MR) is 89.1 cm³/mol. The Morgan fingerprint density at radius 3 is 2.38 bits per heavy atom. The molecule has 0 aliphatic carbocycles. The molecule has 1 aromatic heterocycles. The second-order valence-electron chi connectivity index (χ2n) is 5.22. The second-order valence-corrected chi connectivity index (χ2v) is 6.39. The van der Waals surface area contributed by atoms with Crippen molar-refractivity contribution in [1.29, 1.82) is 5.26 Å². The van der Waals surface area contributed by atoms with Gasteiger partial charge in [0.05, 0.1) is 0 Å². The largest absolute Gasteiger partial charge is 0.305 e. The average Bonchev–Trinajstić information content (AvgIpc) is 3.00. The summed E-state index contributed by atoms with van der Waals surface area (Å²) in [4.78, 5) is 2.00. The number of rotatable bonds is 7. The molecule has 0 spiro atoms. The van der Waals surface area contributed by atoms with Gasteiger partial charge in [0, 0.05) is 17.5 Å². The SMILES string of the molecule is CCC(CC)C(NCc1ccc(C#N)s1)c1ccccc1. The number of thiophene rings is 1. The van der Waals surface area contributed by atoms with Crippen molar-refractivity contribution >= 4 is 11.3 Å². The number of nitriles is 1. The van der Waals surface area contributed by atoms with Gasteiger partial charge < -0.3 is 5.32 Å². The Morgan fingerprint density at radius 1 is 1.10 bits per heavy atom. The maximum atomic E-state index is 8.91. The van der Waals surface area contributed by atoms with Gasteiger partial charge in [-0.2, -0.15) is 5.26 Å². The maximum absolute atomic E-state index is 8.91. The minimum absolute atomic E-state index is 0.369. The molecule has 2 rings (SSSR count). The van der Waals surface area contributed by atoms with Gasteiger partial charge in [-0.1, -0.05) is 57.0 Å². The molecule has 1 aromatic carbocycles. The van der Waals surface area contributed by atoms with Gasteiger partial charge in [-0.05, 0) is 23.6 Å². The van der Waals surface area contributed by atoms with Gasteiger partial charge in [-0.3, -0.25) is 0 Å². The van der Waals surface area contributed by atoms with Crippen molar-refractivity contribution in [3.8, 4) is 6.07 Å². The van der Waals surface area contributed by atoms with Crippen molar-refractivity contribution in [3.05, 3.63) is 57.8 Å². The molecule has 21 heavy (non-hydrogen) atoms. The summed E-state index contributed by atoms with van der Waals surface area (Å²) in [6.07, 6.45) is 2.33. The number of nitrogens with one attached hydrogen (secondary N) is 1. The van der Waals surface area contributed by atoms with Gasteiger partial charge in [0.1, 0.15) is 10.9 Å². The normalized spacial score (nSPS) is 12.3. The third-order valence-electron chi connectivity index (χ3n) is 3.95. The van der Waals surface area contributed by atoms with Crippen LogP contribution in [0, 0.1) is 17.2 Å². The lowest BCUT2D eigenvalue weighted by atomic mass is 9.89. The minimum Gasteiger partial charge on any atom is -0.305 e. The van der Waals surface area contributed by atoms with Gasteiger partial charge in [0.2, 0.25) is 0 Å². The highest BCUT2D eigenvalue weighted by molar-refractivity contribution is 7.12. The Hall–Kier alpha value is -1.63. The molecular weight excluding hydrogens is 276 g/mol. The van der Waals surface area contributed by atoms with Crippen molar-refractivity contribution in [2.45, 2.75) is 39.3 Å². The summed E-state index contributed by atoms with van der Waals surface area (Å²) in [6, 6.07) is 17.2. The fourth-order valence-electron chi connectivity index (χ4n) is 2.72. The highest BCUT2D eigenvalue weighted by atomic mass is 32.1. The van der Waals surface area contributed by atoms with Crippen LogP contribution < -0.4 is 5.32 Å². The first-order chi connectivity index (χ1) is 10.3. The van der Waals surface area contributed by atoms with E-state index >= 15 is 0 Å². The molecule has 0 bridgehead atoms. The maximum Gasteiger partial charge on any atom is 0.110 e. The van der Waals surface area contributed by atoms with Gasteiger partial charge in [0.25, 0.3) is 0 Å². The van der Waals surface area contributed by atoms with E-state index in [1.54, 1.807) is 11.3 Å². The first kappa shape index (κ1) is 15.8. The number of hydrogen-bond acceptors (Lipinski definition) is 3. The van der Waals surface area contributed by atoms with Crippen molar-refractivity contribution in [2.24, 2.45) is 5.92 Å². The van der Waals surface area contributed by atoms with Crippen LogP contribution in [0.2, 0.25) is 0 Å². The molecule has 0 saturated carbocycles. The first-order valence-electron chi connectivity index (χ1n) is 7.55. The summed E-state index contributed by atoms with van der Waals surface area (Å²) < 4.78 is 0. The molecule has 1 heterocycles. The van der Waals surface area contributed by atoms with E-state index in [1.807, 2.05) is 12.1 Å². The van der Waals surface area contributed by atoms with Crippen LogP contribution in [0.4, 0.5) is 0 Å². The van der Waals surface area contributed by atoms with Gasteiger partial charge in [-0.25, -0.2) is 0 Å². The fourth-order valence-corrected chi connectivity index (χ4v) is 3.48. The molecule has 0 fully saturated rings. The van der Waals surface area contributed by atoms with E-state index in [1.165, 1.54) is 10.4 Å². The van der Waals surface area contributed by atoms with Crippen LogP contribution >= 0.6 is 11.3 Å². The lowest BCUT2D eigenvalue weighted by Crippen LogP contribution is -2.27. The van der Waals surface area contributed by atoms with Crippen LogP contribution in [0.25, 0.3) is 0 Å². The molecule has 1 N–H and O–H groups in total. The second kappa shape index (κ2) is 7.97. The zero-order valence-electron chi connectivity index (χ0n) is 12.7. The van der Waals surface area contributed by atoms with E-state index in [9.17, 15) is 0 Å². The Bertz CT molecular complexity index is 579. The lowest BCUT2D eigenvalue weighted by Gasteiger charge is -2.27.